The van der Waals surface area contributed by atoms with E-state index in [4.69, 9.17) is 0 Å². The molecule has 0 amide bonds. The van der Waals surface area contributed by atoms with Crippen LogP contribution in [0.2, 0.25) is 0 Å². The van der Waals surface area contributed by atoms with E-state index in [1.807, 2.05) is 0 Å². The van der Waals surface area contributed by atoms with Crippen molar-refractivity contribution < 1.29 is 0 Å². The molecular weight excluding hydrogens is 323 g/mol. The molecule has 0 fully saturated rings. The zero-order chi connectivity index (χ0) is 18.4. The Bertz CT molecular complexity index is 1100. The summed E-state index contributed by atoms with van der Waals surface area (Å²) in [5.41, 5.74) is 12.8. The lowest BCUT2D eigenvalue weighted by Crippen LogP contribution is -2.42. The number of fused-ring (bicyclic) bond motifs is 2. The van der Waals surface area contributed by atoms with Crippen molar-refractivity contribution in [3.8, 4) is 11.1 Å². The molecule has 2 aliphatic rings. The fourth-order valence-corrected chi connectivity index (χ4v) is 4.78. The second-order valence-electron chi connectivity index (χ2n) is 7.78. The van der Waals surface area contributed by atoms with Crippen LogP contribution in [-0.4, -0.2) is 6.71 Å². The van der Waals surface area contributed by atoms with Gasteiger partial charge in [0.2, 0.25) is 6.71 Å². The minimum Gasteiger partial charge on any atom is -0.0847 e. The average Bonchev–Trinajstić information content (AvgIpc) is 3.04. The van der Waals surface area contributed by atoms with Gasteiger partial charge in [-0.15, -0.1) is 0 Å². The molecule has 1 heterocycles. The van der Waals surface area contributed by atoms with Gasteiger partial charge in [0, 0.05) is 0 Å². The van der Waals surface area contributed by atoms with Crippen LogP contribution in [0.25, 0.3) is 16.7 Å². The van der Waals surface area contributed by atoms with E-state index >= 15 is 0 Å². The largest absolute Gasteiger partial charge is 0.242 e. The molecule has 3 aromatic rings. The molecule has 130 valence electrons. The Balaban J connectivity index is 1.70. The third-order valence-corrected chi connectivity index (χ3v) is 6.14. The number of benzene rings is 3. The van der Waals surface area contributed by atoms with E-state index < -0.39 is 0 Å². The lowest BCUT2D eigenvalue weighted by atomic mass is 9.37. The summed E-state index contributed by atoms with van der Waals surface area (Å²) in [5, 5.41) is 0. The molecule has 0 radical (unpaired) electrons. The van der Waals surface area contributed by atoms with Crippen molar-refractivity contribution in [3.05, 3.63) is 101 Å². The minimum atomic E-state index is 0.358. The quantitative estimate of drug-likeness (QED) is 0.557. The number of hydrogen-bond acceptors (Lipinski definition) is 0. The van der Waals surface area contributed by atoms with Crippen molar-refractivity contribution in [2.45, 2.75) is 26.7 Å². The van der Waals surface area contributed by atoms with Crippen molar-refractivity contribution in [1.82, 2.24) is 0 Å². The second-order valence-corrected chi connectivity index (χ2v) is 7.78. The monoisotopic (exact) mass is 346 g/mol. The van der Waals surface area contributed by atoms with Crippen molar-refractivity contribution in [1.29, 1.82) is 0 Å². The summed E-state index contributed by atoms with van der Waals surface area (Å²) in [4.78, 5) is 0. The summed E-state index contributed by atoms with van der Waals surface area (Å²) in [6, 6.07) is 24.8. The van der Waals surface area contributed by atoms with Crippen molar-refractivity contribution >= 4 is 23.2 Å². The van der Waals surface area contributed by atoms with E-state index in [0.29, 0.717) is 6.71 Å². The second kappa shape index (κ2) is 6.42. The van der Waals surface area contributed by atoms with E-state index in [9.17, 15) is 0 Å². The van der Waals surface area contributed by atoms with Gasteiger partial charge >= 0.3 is 0 Å². The Labute approximate surface area is 162 Å². The maximum atomic E-state index is 2.43. The van der Waals surface area contributed by atoms with Crippen LogP contribution in [0.1, 0.15) is 29.5 Å². The molecule has 3 aromatic carbocycles. The lowest BCUT2D eigenvalue weighted by molar-refractivity contribution is 1.05. The molecular formula is C26H23B. The Morgan fingerprint density at radius 3 is 2.33 bits per heavy atom. The Morgan fingerprint density at radius 2 is 1.48 bits per heavy atom. The molecule has 0 N–H and O–H groups in total. The van der Waals surface area contributed by atoms with Gasteiger partial charge in [-0.05, 0) is 60.1 Å². The van der Waals surface area contributed by atoms with E-state index in [2.05, 4.69) is 92.7 Å². The molecule has 1 aliphatic carbocycles. The first-order valence-electron chi connectivity index (χ1n) is 9.89. The van der Waals surface area contributed by atoms with Gasteiger partial charge in [0.1, 0.15) is 0 Å². The molecule has 0 saturated carbocycles. The molecule has 1 aliphatic heterocycles. The van der Waals surface area contributed by atoms with Gasteiger partial charge in [0.05, 0.1) is 0 Å². The zero-order valence-electron chi connectivity index (χ0n) is 16.0. The number of hydrogen-bond donors (Lipinski definition) is 0. The first-order chi connectivity index (χ1) is 13.2. The van der Waals surface area contributed by atoms with Crippen LogP contribution in [0.3, 0.4) is 0 Å². The van der Waals surface area contributed by atoms with Crippen LogP contribution in [0.15, 0.2) is 84.4 Å². The summed E-state index contributed by atoms with van der Waals surface area (Å²) in [6.45, 7) is 4.78. The molecule has 0 unspecified atom stereocenters. The first kappa shape index (κ1) is 16.4. The predicted molar refractivity (Wildman–Crippen MR) is 118 cm³/mol. The van der Waals surface area contributed by atoms with E-state index in [0.717, 1.165) is 12.8 Å². The summed E-state index contributed by atoms with van der Waals surface area (Å²) in [5.74, 6) is 0. The molecule has 5 rings (SSSR count). The Morgan fingerprint density at radius 1 is 0.741 bits per heavy atom. The standard InChI is InChI=1S/C26H23B/c1-18-9-3-4-10-21(18)24-17-20(16-15-19(24)2)27-25-13-7-5-11-22(25)23-12-6-8-14-26(23)27/h3-5,7-11,13-17H,6,12H2,1-2H3. The van der Waals surface area contributed by atoms with Gasteiger partial charge in [0.25, 0.3) is 0 Å². The van der Waals surface area contributed by atoms with Crippen LogP contribution in [-0.2, 0) is 0 Å². The third-order valence-electron chi connectivity index (χ3n) is 6.14. The highest BCUT2D eigenvalue weighted by molar-refractivity contribution is 6.94. The molecule has 0 spiro atoms. The zero-order valence-corrected chi connectivity index (χ0v) is 16.0. The minimum absolute atomic E-state index is 0.358. The van der Waals surface area contributed by atoms with Crippen LogP contribution in [0.5, 0.6) is 0 Å². The normalized spacial score (nSPS) is 15.1. The fourth-order valence-electron chi connectivity index (χ4n) is 4.78. The van der Waals surface area contributed by atoms with Crippen molar-refractivity contribution in [3.63, 3.8) is 0 Å². The number of rotatable bonds is 2. The van der Waals surface area contributed by atoms with Crippen molar-refractivity contribution in [2.75, 3.05) is 0 Å². The van der Waals surface area contributed by atoms with Gasteiger partial charge in [-0.25, -0.2) is 0 Å². The first-order valence-corrected chi connectivity index (χ1v) is 9.89. The Hall–Kier alpha value is -2.80. The highest BCUT2D eigenvalue weighted by Crippen LogP contribution is 2.35. The Kier molecular flexibility index (Phi) is 3.90. The fraction of sp³-hybridized carbons (Fsp3) is 0.154. The van der Waals surface area contributed by atoms with Gasteiger partial charge in [0.15, 0.2) is 0 Å². The molecule has 0 bridgehead atoms. The molecule has 0 saturated heterocycles. The predicted octanol–water partition coefficient (Wildman–Crippen LogP) is 5.24. The van der Waals surface area contributed by atoms with Gasteiger partial charge < -0.3 is 0 Å². The summed E-state index contributed by atoms with van der Waals surface area (Å²) >= 11 is 0. The summed E-state index contributed by atoms with van der Waals surface area (Å²) < 4.78 is 0. The number of allylic oxidation sites excluding steroid dienone is 4. The van der Waals surface area contributed by atoms with Crippen LogP contribution in [0, 0.1) is 13.8 Å². The SMILES string of the molecule is Cc1ccccc1-c1cc(B2C3=C(CCC=C3)c3ccccc32)ccc1C. The van der Waals surface area contributed by atoms with Crippen LogP contribution < -0.4 is 10.9 Å². The molecule has 1 heteroatoms. The molecule has 0 aromatic heterocycles. The van der Waals surface area contributed by atoms with E-state index in [-0.39, 0.29) is 0 Å². The summed E-state index contributed by atoms with van der Waals surface area (Å²) in [6.07, 6.45) is 7.03. The van der Waals surface area contributed by atoms with Crippen molar-refractivity contribution in [2.24, 2.45) is 0 Å². The maximum absolute atomic E-state index is 2.43. The van der Waals surface area contributed by atoms with Gasteiger partial charge in [-0.3, -0.25) is 0 Å². The molecule has 0 nitrogen and oxygen atoms in total. The summed E-state index contributed by atoms with van der Waals surface area (Å²) in [7, 11) is 0. The maximum Gasteiger partial charge on any atom is 0.242 e. The van der Waals surface area contributed by atoms with Crippen LogP contribution >= 0.6 is 0 Å². The highest BCUT2D eigenvalue weighted by Gasteiger charge is 2.34. The lowest BCUT2D eigenvalue weighted by Gasteiger charge is -2.17. The molecule has 27 heavy (non-hydrogen) atoms. The van der Waals surface area contributed by atoms with Gasteiger partial charge in [-0.2, -0.15) is 0 Å². The van der Waals surface area contributed by atoms with Gasteiger partial charge in [-0.1, -0.05) is 95.3 Å². The topological polar surface area (TPSA) is 0 Å². The van der Waals surface area contributed by atoms with E-state index in [1.54, 1.807) is 5.57 Å². The third kappa shape index (κ3) is 2.61. The van der Waals surface area contributed by atoms with E-state index in [1.165, 1.54) is 44.2 Å². The number of aryl methyl sites for hydroxylation is 2. The van der Waals surface area contributed by atoms with Crippen LogP contribution in [0.4, 0.5) is 0 Å². The molecule has 0 atom stereocenters. The smallest absolute Gasteiger partial charge is 0.0847 e. The highest BCUT2D eigenvalue weighted by atomic mass is 14.2. The average molecular weight is 346 g/mol.